The van der Waals surface area contributed by atoms with Crippen molar-refractivity contribution in [3.05, 3.63) is 33.8 Å². The largest absolute Gasteiger partial charge is 0.341 e. The zero-order chi connectivity index (χ0) is 13.1. The van der Waals surface area contributed by atoms with Gasteiger partial charge in [-0.2, -0.15) is 0 Å². The van der Waals surface area contributed by atoms with Crippen LogP contribution in [-0.4, -0.2) is 29.9 Å². The second-order valence-electron chi connectivity index (χ2n) is 4.67. The predicted molar refractivity (Wildman–Crippen MR) is 81.2 cm³/mol. The Bertz CT molecular complexity index is 454. The van der Waals surface area contributed by atoms with E-state index in [0.717, 1.165) is 24.9 Å². The number of nitrogens with two attached hydrogens (primary N) is 1. The maximum absolute atomic E-state index is 12.1. The van der Waals surface area contributed by atoms with Gasteiger partial charge < -0.3 is 10.6 Å². The lowest BCUT2D eigenvalue weighted by Gasteiger charge is -2.30. The van der Waals surface area contributed by atoms with Crippen molar-refractivity contribution >= 4 is 41.5 Å². The van der Waals surface area contributed by atoms with Crippen LogP contribution >= 0.6 is 35.6 Å². The van der Waals surface area contributed by atoms with E-state index in [1.165, 1.54) is 0 Å². The molecule has 2 N–H and O–H groups in total. The topological polar surface area (TPSA) is 46.3 Å². The number of benzene rings is 1. The number of hydrogen-bond acceptors (Lipinski definition) is 2. The van der Waals surface area contributed by atoms with Crippen molar-refractivity contribution in [2.45, 2.75) is 25.3 Å². The van der Waals surface area contributed by atoms with Crippen molar-refractivity contribution in [2.24, 2.45) is 5.73 Å². The van der Waals surface area contributed by atoms with Gasteiger partial charge in [-0.1, -0.05) is 29.3 Å². The van der Waals surface area contributed by atoms with Crippen LogP contribution in [0.25, 0.3) is 0 Å². The molecule has 3 nitrogen and oxygen atoms in total. The fourth-order valence-electron chi connectivity index (χ4n) is 2.17. The normalized spacial score (nSPS) is 18.9. The molecule has 1 aromatic carbocycles. The van der Waals surface area contributed by atoms with Gasteiger partial charge in [-0.25, -0.2) is 0 Å². The second kappa shape index (κ2) is 7.34. The lowest BCUT2D eigenvalue weighted by Crippen LogP contribution is -2.46. The molecular weight excluding hydrogens is 307 g/mol. The maximum Gasteiger partial charge on any atom is 0.227 e. The third-order valence-corrected chi connectivity index (χ3v) is 3.89. The van der Waals surface area contributed by atoms with E-state index in [1.807, 2.05) is 11.0 Å². The van der Waals surface area contributed by atoms with Gasteiger partial charge in [0.2, 0.25) is 5.91 Å². The van der Waals surface area contributed by atoms with Gasteiger partial charge in [-0.15, -0.1) is 12.4 Å². The Labute approximate surface area is 129 Å². The molecule has 1 aromatic rings. The first-order valence-electron chi connectivity index (χ1n) is 6.03. The van der Waals surface area contributed by atoms with E-state index in [9.17, 15) is 4.79 Å². The number of amides is 1. The van der Waals surface area contributed by atoms with Crippen molar-refractivity contribution in [1.82, 2.24) is 4.90 Å². The number of likely N-dealkylation sites (tertiary alicyclic amines) is 1. The summed E-state index contributed by atoms with van der Waals surface area (Å²) < 4.78 is 0. The van der Waals surface area contributed by atoms with E-state index in [1.54, 1.807) is 12.1 Å². The van der Waals surface area contributed by atoms with Gasteiger partial charge in [0.25, 0.3) is 0 Å². The number of carbonyl (C=O) groups is 1. The predicted octanol–water partition coefficient (Wildman–Crippen LogP) is 2.91. The molecule has 106 valence electrons. The van der Waals surface area contributed by atoms with Gasteiger partial charge in [-0.05, 0) is 30.5 Å². The molecule has 19 heavy (non-hydrogen) atoms. The highest BCUT2D eigenvalue weighted by atomic mass is 35.5. The number of piperidine rings is 1. The fourth-order valence-corrected chi connectivity index (χ4v) is 2.49. The average molecular weight is 324 g/mol. The molecule has 1 fully saturated rings. The fraction of sp³-hybridized carbons (Fsp3) is 0.462. The molecule has 0 bridgehead atoms. The second-order valence-corrected chi connectivity index (χ2v) is 5.48. The van der Waals surface area contributed by atoms with E-state index < -0.39 is 0 Å². The summed E-state index contributed by atoms with van der Waals surface area (Å²) in [7, 11) is 0. The third kappa shape index (κ3) is 4.53. The lowest BCUT2D eigenvalue weighted by atomic mass is 10.1. The molecule has 1 aliphatic heterocycles. The molecule has 1 aliphatic rings. The smallest absolute Gasteiger partial charge is 0.227 e. The average Bonchev–Trinajstić information content (AvgIpc) is 2.34. The van der Waals surface area contributed by atoms with Gasteiger partial charge in [0.05, 0.1) is 16.5 Å². The van der Waals surface area contributed by atoms with Crippen molar-refractivity contribution in [2.75, 3.05) is 13.1 Å². The Hall–Kier alpha value is -0.480. The SMILES string of the molecule is Cl.NC1CCCN(C(=O)Cc2ccc(Cl)c(Cl)c2)C1. The van der Waals surface area contributed by atoms with Crippen LogP contribution in [0.3, 0.4) is 0 Å². The summed E-state index contributed by atoms with van der Waals surface area (Å²) in [6.45, 7) is 1.45. The van der Waals surface area contributed by atoms with Crippen molar-refractivity contribution in [3.8, 4) is 0 Å². The van der Waals surface area contributed by atoms with Crippen LogP contribution in [0.1, 0.15) is 18.4 Å². The standard InChI is InChI=1S/C13H16Cl2N2O.ClH/c14-11-4-3-9(6-12(11)15)7-13(18)17-5-1-2-10(16)8-17;/h3-4,6,10H,1-2,5,7-8,16H2;1H. The van der Waals surface area contributed by atoms with Crippen LogP contribution in [-0.2, 0) is 11.2 Å². The highest BCUT2D eigenvalue weighted by Crippen LogP contribution is 2.23. The Morgan fingerprint density at radius 2 is 2.11 bits per heavy atom. The van der Waals surface area contributed by atoms with Gasteiger partial charge in [-0.3, -0.25) is 4.79 Å². The van der Waals surface area contributed by atoms with E-state index in [-0.39, 0.29) is 24.4 Å². The van der Waals surface area contributed by atoms with Crippen molar-refractivity contribution in [3.63, 3.8) is 0 Å². The molecule has 0 radical (unpaired) electrons. The molecule has 1 atom stereocenters. The molecule has 6 heteroatoms. The Morgan fingerprint density at radius 3 is 2.74 bits per heavy atom. The maximum atomic E-state index is 12.1. The number of halogens is 3. The van der Waals surface area contributed by atoms with E-state index in [0.29, 0.717) is 23.0 Å². The quantitative estimate of drug-likeness (QED) is 0.909. The first-order valence-corrected chi connectivity index (χ1v) is 6.79. The number of nitrogens with zero attached hydrogens (tertiary/aromatic N) is 1. The van der Waals surface area contributed by atoms with E-state index in [2.05, 4.69) is 0 Å². The Morgan fingerprint density at radius 1 is 1.37 bits per heavy atom. The molecule has 1 unspecified atom stereocenters. The molecule has 0 aliphatic carbocycles. The van der Waals surface area contributed by atoms with Crippen molar-refractivity contribution < 1.29 is 4.79 Å². The summed E-state index contributed by atoms with van der Waals surface area (Å²) in [5, 5.41) is 0.991. The van der Waals surface area contributed by atoms with Crippen LogP contribution in [0.4, 0.5) is 0 Å². The molecule has 0 aromatic heterocycles. The summed E-state index contributed by atoms with van der Waals surface area (Å²) in [6.07, 6.45) is 2.33. The van der Waals surface area contributed by atoms with Gasteiger partial charge in [0, 0.05) is 19.1 Å². The minimum Gasteiger partial charge on any atom is -0.341 e. The highest BCUT2D eigenvalue weighted by molar-refractivity contribution is 6.42. The zero-order valence-electron chi connectivity index (χ0n) is 10.4. The molecule has 1 saturated heterocycles. The first-order chi connectivity index (χ1) is 8.56. The van der Waals surface area contributed by atoms with Crippen LogP contribution in [0, 0.1) is 0 Å². The number of hydrogen-bond donors (Lipinski definition) is 1. The van der Waals surface area contributed by atoms with Crippen LogP contribution < -0.4 is 5.73 Å². The summed E-state index contributed by atoms with van der Waals surface area (Å²) in [4.78, 5) is 13.9. The van der Waals surface area contributed by atoms with Crippen molar-refractivity contribution in [1.29, 1.82) is 0 Å². The molecule has 0 saturated carbocycles. The highest BCUT2D eigenvalue weighted by Gasteiger charge is 2.21. The molecular formula is C13H17Cl3N2O. The molecule has 0 spiro atoms. The summed E-state index contributed by atoms with van der Waals surface area (Å²) in [5.41, 5.74) is 6.75. The van der Waals surface area contributed by atoms with E-state index in [4.69, 9.17) is 28.9 Å². The molecule has 2 rings (SSSR count). The number of rotatable bonds is 2. The van der Waals surface area contributed by atoms with Crippen LogP contribution in [0.5, 0.6) is 0 Å². The van der Waals surface area contributed by atoms with Gasteiger partial charge in [0.15, 0.2) is 0 Å². The van der Waals surface area contributed by atoms with Gasteiger partial charge in [0.1, 0.15) is 0 Å². The van der Waals surface area contributed by atoms with E-state index >= 15 is 0 Å². The zero-order valence-corrected chi connectivity index (χ0v) is 12.8. The van der Waals surface area contributed by atoms with Crippen LogP contribution in [0.15, 0.2) is 18.2 Å². The monoisotopic (exact) mass is 322 g/mol. The van der Waals surface area contributed by atoms with Gasteiger partial charge >= 0.3 is 0 Å². The molecule has 1 amide bonds. The lowest BCUT2D eigenvalue weighted by molar-refractivity contribution is -0.131. The summed E-state index contributed by atoms with van der Waals surface area (Å²) in [6, 6.07) is 5.40. The third-order valence-electron chi connectivity index (χ3n) is 3.15. The summed E-state index contributed by atoms with van der Waals surface area (Å²) in [5.74, 6) is 0.100. The molecule has 1 heterocycles. The minimum atomic E-state index is 0. The Balaban J connectivity index is 0.00000180. The summed E-state index contributed by atoms with van der Waals surface area (Å²) >= 11 is 11.8. The number of carbonyl (C=O) groups excluding carboxylic acids is 1. The Kier molecular flexibility index (Phi) is 6.40. The minimum absolute atomic E-state index is 0. The van der Waals surface area contributed by atoms with Crippen LogP contribution in [0.2, 0.25) is 10.0 Å². The first kappa shape index (κ1) is 16.6.